The van der Waals surface area contributed by atoms with Gasteiger partial charge in [0.15, 0.2) is 11.5 Å². The third-order valence-electron chi connectivity index (χ3n) is 6.91. The Kier molecular flexibility index (Phi) is 2.91. The van der Waals surface area contributed by atoms with E-state index in [1.165, 1.54) is 16.7 Å². The van der Waals surface area contributed by atoms with Gasteiger partial charge >= 0.3 is 0 Å². The molecule has 24 heavy (non-hydrogen) atoms. The Morgan fingerprint density at radius 2 is 2.21 bits per heavy atom. The molecule has 1 fully saturated rings. The summed E-state index contributed by atoms with van der Waals surface area (Å²) in [4.78, 5) is 2.47. The second-order valence-electron chi connectivity index (χ2n) is 7.94. The van der Waals surface area contributed by atoms with Gasteiger partial charge in [0.05, 0.1) is 7.11 Å². The van der Waals surface area contributed by atoms with Crippen LogP contribution in [0.5, 0.6) is 11.5 Å². The van der Waals surface area contributed by atoms with E-state index < -0.39 is 11.9 Å². The van der Waals surface area contributed by atoms with E-state index in [0.29, 0.717) is 6.04 Å². The molecule has 2 aliphatic carbocycles. The van der Waals surface area contributed by atoms with Crippen molar-refractivity contribution in [1.29, 1.82) is 0 Å². The summed E-state index contributed by atoms with van der Waals surface area (Å²) >= 11 is 0. The summed E-state index contributed by atoms with van der Waals surface area (Å²) in [6.45, 7) is 1.08. The lowest BCUT2D eigenvalue weighted by molar-refractivity contribution is -0.260. The number of methoxy groups -OCH3 is 2. The number of hydrogen-bond acceptors (Lipinski definition) is 5. The van der Waals surface area contributed by atoms with Crippen molar-refractivity contribution in [3.05, 3.63) is 22.8 Å². The highest BCUT2D eigenvalue weighted by Gasteiger charge is 2.62. The third kappa shape index (κ3) is 1.61. The first-order valence-electron chi connectivity index (χ1n) is 8.90. The van der Waals surface area contributed by atoms with Crippen molar-refractivity contribution in [3.8, 4) is 11.5 Å². The number of hydrogen-bond donors (Lipinski definition) is 1. The van der Waals surface area contributed by atoms with Crippen LogP contribution in [-0.2, 0) is 16.6 Å². The standard InChI is InChI=1S/C19H25NO4/c1-20-7-5-11-8-13(22-2)17-16-15(11)12(20)9-18(16)6-4-14(21)19(10-18,23-3)24-17/h8,12,14,21H,4-7,9-10H2,1-3H3/t12-,14-,18-,19-/m0/s1. The number of fused-ring (bicyclic) bond motifs is 1. The summed E-state index contributed by atoms with van der Waals surface area (Å²) < 4.78 is 17.8. The summed E-state index contributed by atoms with van der Waals surface area (Å²) in [5, 5.41) is 10.6. The van der Waals surface area contributed by atoms with Gasteiger partial charge in [-0.3, -0.25) is 4.90 Å². The van der Waals surface area contributed by atoms with E-state index in [4.69, 9.17) is 14.2 Å². The summed E-state index contributed by atoms with van der Waals surface area (Å²) in [5.74, 6) is 0.646. The molecule has 0 unspecified atom stereocenters. The minimum Gasteiger partial charge on any atom is -0.493 e. The van der Waals surface area contributed by atoms with Gasteiger partial charge in [0.1, 0.15) is 6.10 Å². The average molecular weight is 331 g/mol. The molecule has 2 heterocycles. The zero-order valence-electron chi connectivity index (χ0n) is 14.6. The van der Waals surface area contributed by atoms with Crippen LogP contribution in [-0.4, -0.2) is 49.7 Å². The van der Waals surface area contributed by atoms with E-state index in [0.717, 1.165) is 50.1 Å². The van der Waals surface area contributed by atoms with Gasteiger partial charge in [0.2, 0.25) is 5.79 Å². The van der Waals surface area contributed by atoms with Crippen LogP contribution in [0.25, 0.3) is 0 Å². The first-order chi connectivity index (χ1) is 11.5. The first-order valence-corrected chi connectivity index (χ1v) is 8.90. The van der Waals surface area contributed by atoms with Crippen LogP contribution in [0, 0.1) is 0 Å². The molecule has 0 radical (unpaired) electrons. The molecule has 0 aromatic heterocycles. The second-order valence-corrected chi connectivity index (χ2v) is 7.94. The summed E-state index contributed by atoms with van der Waals surface area (Å²) in [6.07, 6.45) is 3.98. The van der Waals surface area contributed by atoms with Crippen molar-refractivity contribution in [1.82, 2.24) is 4.90 Å². The number of nitrogens with zero attached hydrogens (tertiary/aromatic N) is 1. The Morgan fingerprint density at radius 3 is 2.96 bits per heavy atom. The number of aliphatic hydroxyl groups is 1. The van der Waals surface area contributed by atoms with Gasteiger partial charge in [0.25, 0.3) is 0 Å². The molecular weight excluding hydrogens is 306 g/mol. The van der Waals surface area contributed by atoms with Gasteiger partial charge in [0, 0.05) is 37.1 Å². The van der Waals surface area contributed by atoms with Crippen LogP contribution in [0.4, 0.5) is 0 Å². The monoisotopic (exact) mass is 331 g/mol. The fourth-order valence-corrected chi connectivity index (χ4v) is 5.70. The maximum Gasteiger partial charge on any atom is 0.237 e. The highest BCUT2D eigenvalue weighted by atomic mass is 16.7. The maximum atomic E-state index is 10.6. The zero-order valence-corrected chi connectivity index (χ0v) is 14.6. The SMILES string of the molecule is COc1cc2c3c4c1O[C@@]1(OC)C[C@]4(CC[C@@H]1O)C[C@@H]3N(C)CC2. The predicted octanol–water partition coefficient (Wildman–Crippen LogP) is 2.15. The Labute approximate surface area is 142 Å². The van der Waals surface area contributed by atoms with E-state index in [9.17, 15) is 5.11 Å². The van der Waals surface area contributed by atoms with Crippen molar-refractivity contribution in [2.24, 2.45) is 0 Å². The molecule has 1 spiro atoms. The van der Waals surface area contributed by atoms with E-state index in [-0.39, 0.29) is 5.41 Å². The first kappa shape index (κ1) is 15.0. The molecule has 4 atom stereocenters. The lowest BCUT2D eigenvalue weighted by Crippen LogP contribution is -2.59. The average Bonchev–Trinajstić information content (AvgIpc) is 2.94. The molecule has 1 N–H and O–H groups in total. The molecule has 5 heteroatoms. The molecule has 0 saturated heterocycles. The van der Waals surface area contributed by atoms with Gasteiger partial charge < -0.3 is 19.3 Å². The van der Waals surface area contributed by atoms with Crippen molar-refractivity contribution >= 4 is 0 Å². The number of ether oxygens (including phenoxy) is 3. The number of aliphatic hydroxyl groups excluding tert-OH is 1. The van der Waals surface area contributed by atoms with Gasteiger partial charge in [-0.2, -0.15) is 0 Å². The third-order valence-corrected chi connectivity index (χ3v) is 6.91. The quantitative estimate of drug-likeness (QED) is 0.900. The Hall–Kier alpha value is -1.30. The van der Waals surface area contributed by atoms with Gasteiger partial charge in [-0.15, -0.1) is 0 Å². The predicted molar refractivity (Wildman–Crippen MR) is 88.6 cm³/mol. The molecule has 4 aliphatic rings. The highest BCUT2D eigenvalue weighted by Crippen LogP contribution is 2.65. The molecule has 5 rings (SSSR count). The molecule has 1 aromatic carbocycles. The normalized spacial score (nSPS) is 39.3. The molecule has 2 bridgehead atoms. The van der Waals surface area contributed by atoms with Crippen molar-refractivity contribution in [3.63, 3.8) is 0 Å². The van der Waals surface area contributed by atoms with Gasteiger partial charge in [-0.05, 0) is 49.9 Å². The summed E-state index contributed by atoms with van der Waals surface area (Å²) in [7, 11) is 5.56. The summed E-state index contributed by atoms with van der Waals surface area (Å²) in [6, 6.07) is 2.59. The van der Waals surface area contributed by atoms with Crippen LogP contribution in [0.15, 0.2) is 6.07 Å². The second kappa shape index (κ2) is 4.65. The van der Waals surface area contributed by atoms with Crippen molar-refractivity contribution in [2.45, 2.75) is 55.5 Å². The number of likely N-dealkylation sites (N-methyl/N-ethyl adjacent to an activating group) is 1. The minimum atomic E-state index is -0.946. The van der Waals surface area contributed by atoms with Crippen LogP contribution in [0.1, 0.15) is 48.4 Å². The van der Waals surface area contributed by atoms with Crippen LogP contribution in [0.2, 0.25) is 0 Å². The molecule has 1 aromatic rings. The number of benzene rings is 1. The lowest BCUT2D eigenvalue weighted by atomic mass is 9.65. The molecule has 1 saturated carbocycles. The topological polar surface area (TPSA) is 51.2 Å². The fourth-order valence-electron chi connectivity index (χ4n) is 5.70. The summed E-state index contributed by atoms with van der Waals surface area (Å²) in [5.41, 5.74) is 4.24. The van der Waals surface area contributed by atoms with Crippen LogP contribution in [0.3, 0.4) is 0 Å². The lowest BCUT2D eigenvalue weighted by Gasteiger charge is -2.52. The fraction of sp³-hybridized carbons (Fsp3) is 0.684. The molecule has 5 nitrogen and oxygen atoms in total. The molecular formula is C19H25NO4. The Balaban J connectivity index is 1.80. The van der Waals surface area contributed by atoms with Crippen LogP contribution >= 0.6 is 0 Å². The van der Waals surface area contributed by atoms with Gasteiger partial charge in [-0.25, -0.2) is 0 Å². The molecule has 0 amide bonds. The van der Waals surface area contributed by atoms with Crippen LogP contribution < -0.4 is 9.47 Å². The van der Waals surface area contributed by atoms with E-state index in [1.54, 1.807) is 14.2 Å². The highest BCUT2D eigenvalue weighted by molar-refractivity contribution is 5.63. The largest absolute Gasteiger partial charge is 0.493 e. The number of rotatable bonds is 2. The van der Waals surface area contributed by atoms with E-state index >= 15 is 0 Å². The van der Waals surface area contributed by atoms with Crippen molar-refractivity contribution in [2.75, 3.05) is 27.8 Å². The van der Waals surface area contributed by atoms with Gasteiger partial charge in [-0.1, -0.05) is 0 Å². The van der Waals surface area contributed by atoms with E-state index in [2.05, 4.69) is 18.0 Å². The molecule has 130 valence electrons. The minimum absolute atomic E-state index is 0.0325. The Morgan fingerprint density at radius 1 is 1.38 bits per heavy atom. The zero-order chi connectivity index (χ0) is 16.7. The van der Waals surface area contributed by atoms with Crippen molar-refractivity contribution < 1.29 is 19.3 Å². The smallest absolute Gasteiger partial charge is 0.237 e. The maximum absolute atomic E-state index is 10.6. The van der Waals surface area contributed by atoms with E-state index in [1.807, 2.05) is 0 Å². The molecule has 2 aliphatic heterocycles. The Bertz CT molecular complexity index is 720.